The summed E-state index contributed by atoms with van der Waals surface area (Å²) in [4.78, 5) is 0. The molecule has 3 aromatic rings. The third-order valence-electron chi connectivity index (χ3n) is 4.41. The van der Waals surface area contributed by atoms with Gasteiger partial charge in [-0.3, -0.25) is 0 Å². The lowest BCUT2D eigenvalue weighted by atomic mass is 10.1. The Labute approximate surface area is 176 Å². The Kier molecular flexibility index (Phi) is 7.05. The molecule has 0 aliphatic heterocycles. The van der Waals surface area contributed by atoms with Gasteiger partial charge in [-0.1, -0.05) is 24.3 Å². The normalized spacial score (nSPS) is 11.1. The number of rotatable bonds is 8. The van der Waals surface area contributed by atoms with Crippen molar-refractivity contribution in [3.63, 3.8) is 0 Å². The van der Waals surface area contributed by atoms with Gasteiger partial charge < -0.3 is 18.9 Å². The molecule has 154 valence electrons. The average molecular weight is 404 g/mol. The zero-order valence-electron chi connectivity index (χ0n) is 17.5. The second-order valence-corrected chi connectivity index (χ2v) is 6.28. The van der Waals surface area contributed by atoms with Crippen LogP contribution < -0.4 is 18.9 Å². The summed E-state index contributed by atoms with van der Waals surface area (Å²) in [6.07, 6.45) is 7.70. The standard InChI is InChI=1S/C24H24N2O4/c1-27-21-13-7-17(15-23(21)29-3)5-9-19-11-12-20(26-25-19)10-6-18-8-14-22(28-2)24(16-18)30-4/h5-16H,1-4H3/b9-5+,10-6+. The first-order chi connectivity index (χ1) is 14.7. The van der Waals surface area contributed by atoms with Crippen molar-refractivity contribution in [2.24, 2.45) is 0 Å². The summed E-state index contributed by atoms with van der Waals surface area (Å²) in [5.74, 6) is 2.75. The number of hydrogen-bond donors (Lipinski definition) is 0. The van der Waals surface area contributed by atoms with Gasteiger partial charge in [-0.05, 0) is 59.7 Å². The molecule has 0 amide bonds. The maximum Gasteiger partial charge on any atom is 0.161 e. The average Bonchev–Trinajstić information content (AvgIpc) is 2.81. The van der Waals surface area contributed by atoms with E-state index in [4.69, 9.17) is 18.9 Å². The topological polar surface area (TPSA) is 62.7 Å². The van der Waals surface area contributed by atoms with E-state index in [1.165, 1.54) is 0 Å². The van der Waals surface area contributed by atoms with Crippen LogP contribution in [0.3, 0.4) is 0 Å². The molecular formula is C24H24N2O4. The highest BCUT2D eigenvalue weighted by atomic mass is 16.5. The highest BCUT2D eigenvalue weighted by Crippen LogP contribution is 2.29. The fourth-order valence-corrected chi connectivity index (χ4v) is 2.81. The lowest BCUT2D eigenvalue weighted by molar-refractivity contribution is 0.355. The molecule has 1 heterocycles. The van der Waals surface area contributed by atoms with Crippen LogP contribution in [0.1, 0.15) is 22.5 Å². The summed E-state index contributed by atoms with van der Waals surface area (Å²) in [7, 11) is 6.46. The van der Waals surface area contributed by atoms with Crippen molar-refractivity contribution in [3.05, 3.63) is 71.0 Å². The molecule has 0 aliphatic carbocycles. The van der Waals surface area contributed by atoms with Crippen LogP contribution in [0.25, 0.3) is 24.3 Å². The molecule has 0 N–H and O–H groups in total. The van der Waals surface area contributed by atoms with Gasteiger partial charge in [0.2, 0.25) is 0 Å². The Morgan fingerprint density at radius 2 is 0.900 bits per heavy atom. The molecule has 6 heteroatoms. The van der Waals surface area contributed by atoms with Crippen LogP contribution in [-0.4, -0.2) is 38.6 Å². The molecule has 6 nitrogen and oxygen atoms in total. The number of benzene rings is 2. The Balaban J connectivity index is 1.69. The van der Waals surface area contributed by atoms with Crippen LogP contribution in [0, 0.1) is 0 Å². The molecule has 2 aromatic carbocycles. The van der Waals surface area contributed by atoms with Crippen LogP contribution in [0.15, 0.2) is 48.5 Å². The van der Waals surface area contributed by atoms with E-state index in [1.54, 1.807) is 28.4 Å². The van der Waals surface area contributed by atoms with Crippen molar-refractivity contribution < 1.29 is 18.9 Å². The predicted molar refractivity (Wildman–Crippen MR) is 119 cm³/mol. The van der Waals surface area contributed by atoms with Crippen LogP contribution in [0.2, 0.25) is 0 Å². The van der Waals surface area contributed by atoms with Gasteiger partial charge in [-0.2, -0.15) is 10.2 Å². The predicted octanol–water partition coefficient (Wildman–Crippen LogP) is 4.85. The number of hydrogen-bond acceptors (Lipinski definition) is 6. The zero-order valence-corrected chi connectivity index (χ0v) is 17.5. The first-order valence-electron chi connectivity index (χ1n) is 9.30. The second-order valence-electron chi connectivity index (χ2n) is 6.28. The third-order valence-corrected chi connectivity index (χ3v) is 4.41. The van der Waals surface area contributed by atoms with Gasteiger partial charge in [0.15, 0.2) is 23.0 Å². The minimum atomic E-state index is 0.682. The van der Waals surface area contributed by atoms with E-state index >= 15 is 0 Å². The Hall–Kier alpha value is -3.80. The molecule has 0 bridgehead atoms. The van der Waals surface area contributed by atoms with E-state index in [2.05, 4.69) is 10.2 Å². The smallest absolute Gasteiger partial charge is 0.161 e. The van der Waals surface area contributed by atoms with Crippen molar-refractivity contribution >= 4 is 24.3 Å². The number of aromatic nitrogens is 2. The Bertz CT molecular complexity index is 959. The van der Waals surface area contributed by atoms with E-state index in [-0.39, 0.29) is 0 Å². The SMILES string of the molecule is COc1ccc(/C=C/c2ccc(/C=C/c3ccc(OC)c(OC)c3)nn2)cc1OC. The summed E-state index contributed by atoms with van der Waals surface area (Å²) in [5.41, 5.74) is 3.47. The molecular weight excluding hydrogens is 380 g/mol. The molecule has 0 unspecified atom stereocenters. The van der Waals surface area contributed by atoms with Gasteiger partial charge in [-0.15, -0.1) is 0 Å². The fraction of sp³-hybridized carbons (Fsp3) is 0.167. The number of methoxy groups -OCH3 is 4. The molecule has 0 spiro atoms. The zero-order chi connectivity index (χ0) is 21.3. The number of nitrogens with zero attached hydrogens (tertiary/aromatic N) is 2. The van der Waals surface area contributed by atoms with Gasteiger partial charge in [0.1, 0.15) is 0 Å². The van der Waals surface area contributed by atoms with Crippen molar-refractivity contribution in [3.8, 4) is 23.0 Å². The minimum Gasteiger partial charge on any atom is -0.493 e. The Morgan fingerprint density at radius 3 is 1.23 bits per heavy atom. The van der Waals surface area contributed by atoms with Gasteiger partial charge >= 0.3 is 0 Å². The summed E-state index contributed by atoms with van der Waals surface area (Å²) in [6.45, 7) is 0. The lowest BCUT2D eigenvalue weighted by Crippen LogP contribution is -1.91. The monoisotopic (exact) mass is 404 g/mol. The molecule has 0 aliphatic rings. The van der Waals surface area contributed by atoms with E-state index < -0.39 is 0 Å². The molecule has 0 atom stereocenters. The van der Waals surface area contributed by atoms with Crippen LogP contribution in [0.4, 0.5) is 0 Å². The van der Waals surface area contributed by atoms with Crippen molar-refractivity contribution in [2.75, 3.05) is 28.4 Å². The fourth-order valence-electron chi connectivity index (χ4n) is 2.81. The molecule has 1 aromatic heterocycles. The van der Waals surface area contributed by atoms with Crippen LogP contribution in [-0.2, 0) is 0 Å². The Morgan fingerprint density at radius 1 is 0.500 bits per heavy atom. The molecule has 30 heavy (non-hydrogen) atoms. The van der Waals surface area contributed by atoms with Crippen molar-refractivity contribution in [1.82, 2.24) is 10.2 Å². The molecule has 0 fully saturated rings. The van der Waals surface area contributed by atoms with E-state index in [1.807, 2.05) is 72.8 Å². The van der Waals surface area contributed by atoms with E-state index in [9.17, 15) is 0 Å². The van der Waals surface area contributed by atoms with Crippen molar-refractivity contribution in [1.29, 1.82) is 0 Å². The molecule has 0 saturated heterocycles. The molecule has 0 saturated carbocycles. The largest absolute Gasteiger partial charge is 0.493 e. The van der Waals surface area contributed by atoms with Gasteiger partial charge in [0.25, 0.3) is 0 Å². The summed E-state index contributed by atoms with van der Waals surface area (Å²) in [6, 6.07) is 15.3. The summed E-state index contributed by atoms with van der Waals surface area (Å²) in [5, 5.41) is 8.51. The van der Waals surface area contributed by atoms with E-state index in [0.717, 1.165) is 22.5 Å². The summed E-state index contributed by atoms with van der Waals surface area (Å²) >= 11 is 0. The summed E-state index contributed by atoms with van der Waals surface area (Å²) < 4.78 is 21.2. The van der Waals surface area contributed by atoms with Gasteiger partial charge in [0, 0.05) is 0 Å². The van der Waals surface area contributed by atoms with E-state index in [0.29, 0.717) is 23.0 Å². The maximum absolute atomic E-state index is 5.33. The lowest BCUT2D eigenvalue weighted by Gasteiger charge is -2.07. The number of ether oxygens (including phenoxy) is 4. The quantitative estimate of drug-likeness (QED) is 0.535. The highest BCUT2D eigenvalue weighted by Gasteiger charge is 2.04. The first kappa shape index (κ1) is 20.9. The van der Waals surface area contributed by atoms with Gasteiger partial charge in [-0.25, -0.2) is 0 Å². The minimum absolute atomic E-state index is 0.682. The first-order valence-corrected chi connectivity index (χ1v) is 9.30. The maximum atomic E-state index is 5.33. The third kappa shape index (κ3) is 5.17. The second kappa shape index (κ2) is 10.1. The van der Waals surface area contributed by atoms with Crippen LogP contribution in [0.5, 0.6) is 23.0 Å². The molecule has 3 rings (SSSR count). The van der Waals surface area contributed by atoms with Crippen LogP contribution >= 0.6 is 0 Å². The van der Waals surface area contributed by atoms with Gasteiger partial charge in [0.05, 0.1) is 39.8 Å². The van der Waals surface area contributed by atoms with Crippen molar-refractivity contribution in [2.45, 2.75) is 0 Å². The molecule has 0 radical (unpaired) electrons. The highest BCUT2D eigenvalue weighted by molar-refractivity contribution is 5.71.